The number of rotatable bonds is 0. The Hall–Kier alpha value is -5.67. The second kappa shape index (κ2) is 18.3. The molecule has 0 aliphatic rings. The minimum absolute atomic E-state index is 0. The Morgan fingerprint density at radius 1 is 0.319 bits per heavy atom. The number of thiophene rings is 2. The monoisotopic (exact) mass is 809 g/mol. The van der Waals surface area contributed by atoms with E-state index in [1.165, 1.54) is 0 Å². The molecule has 0 saturated carbocycles. The zero-order chi connectivity index (χ0) is 31.8. The maximum Gasteiger partial charge on any atom is 2.00 e. The van der Waals surface area contributed by atoms with Gasteiger partial charge in [0.25, 0.3) is 0 Å². The number of benzene rings is 4. The van der Waals surface area contributed by atoms with E-state index in [0.717, 1.165) is 54.3 Å². The van der Waals surface area contributed by atoms with Gasteiger partial charge in [0.05, 0.1) is 9.75 Å². The Morgan fingerprint density at radius 3 is 0.766 bits per heavy atom. The minimum Gasteiger partial charge on any atom is -0.366 e. The standard InChI is InChI=1S/2C22H11S.Pt/c2*1-2-18-5-7-19(8-6-18)9-10-20-11-13-21(14-12-20)15-16-22-4-3-17-23-22;/h2*3-8,11-14,17H;/q2*-1;+2. The van der Waals surface area contributed by atoms with Crippen molar-refractivity contribution in [2.75, 3.05) is 0 Å². The molecule has 0 bridgehead atoms. The normalized spacial score (nSPS) is 8.81. The van der Waals surface area contributed by atoms with Crippen molar-refractivity contribution in [3.8, 4) is 59.2 Å². The molecule has 2 aromatic heterocycles. The molecule has 0 atom stereocenters. The van der Waals surface area contributed by atoms with Gasteiger partial charge in [-0.2, -0.15) is 0 Å². The summed E-state index contributed by atoms with van der Waals surface area (Å²) in [5.74, 6) is 29.8. The van der Waals surface area contributed by atoms with Crippen LogP contribution in [0.2, 0.25) is 0 Å². The summed E-state index contributed by atoms with van der Waals surface area (Å²) in [7, 11) is 0. The van der Waals surface area contributed by atoms with Gasteiger partial charge in [-0.05, 0) is 71.4 Å². The molecule has 47 heavy (non-hydrogen) atoms. The molecule has 220 valence electrons. The predicted molar refractivity (Wildman–Crippen MR) is 191 cm³/mol. The van der Waals surface area contributed by atoms with Crippen molar-refractivity contribution >= 4 is 22.7 Å². The molecule has 0 nitrogen and oxygen atoms in total. The van der Waals surface area contributed by atoms with Gasteiger partial charge in [0.15, 0.2) is 0 Å². The van der Waals surface area contributed by atoms with E-state index >= 15 is 0 Å². The predicted octanol–water partition coefficient (Wildman–Crippen LogP) is 8.97. The van der Waals surface area contributed by atoms with Crippen LogP contribution in [0.15, 0.2) is 132 Å². The van der Waals surface area contributed by atoms with Gasteiger partial charge >= 0.3 is 21.1 Å². The van der Waals surface area contributed by atoms with E-state index in [1.807, 2.05) is 132 Å². The van der Waals surface area contributed by atoms with Gasteiger partial charge in [-0.3, -0.25) is 11.8 Å². The zero-order valence-electron chi connectivity index (χ0n) is 24.8. The minimum atomic E-state index is 0. The van der Waals surface area contributed by atoms with Gasteiger partial charge in [0.2, 0.25) is 0 Å². The fourth-order valence-electron chi connectivity index (χ4n) is 3.80. The first kappa shape index (κ1) is 34.2. The molecule has 0 aliphatic heterocycles. The molecule has 0 radical (unpaired) electrons. The van der Waals surface area contributed by atoms with Crippen LogP contribution >= 0.6 is 22.7 Å². The van der Waals surface area contributed by atoms with E-state index in [0.29, 0.717) is 0 Å². The Labute approximate surface area is 300 Å². The summed E-state index contributed by atoms with van der Waals surface area (Å²) < 4.78 is 0. The fourth-order valence-corrected chi connectivity index (χ4v) is 4.94. The zero-order valence-corrected chi connectivity index (χ0v) is 28.7. The average molecular weight is 810 g/mol. The second-order valence-electron chi connectivity index (χ2n) is 9.51. The van der Waals surface area contributed by atoms with E-state index in [2.05, 4.69) is 59.2 Å². The molecule has 0 unspecified atom stereocenters. The molecule has 3 heteroatoms. The fraction of sp³-hybridized carbons (Fsp3) is 0. The van der Waals surface area contributed by atoms with Gasteiger partial charge in [-0.25, -0.2) is 0 Å². The molecule has 4 aromatic carbocycles. The largest absolute Gasteiger partial charge is 2.00 e. The molecule has 0 amide bonds. The summed E-state index contributed by atoms with van der Waals surface area (Å²) in [6.07, 6.45) is 14.1. The third-order valence-corrected chi connectivity index (χ3v) is 7.80. The van der Waals surface area contributed by atoms with Crippen LogP contribution in [0.1, 0.15) is 54.3 Å². The molecule has 0 fully saturated rings. The summed E-state index contributed by atoms with van der Waals surface area (Å²) in [4.78, 5) is 2.14. The smallest absolute Gasteiger partial charge is 0.366 e. The molecule has 6 rings (SSSR count). The molecule has 0 aliphatic carbocycles. The van der Waals surface area contributed by atoms with Gasteiger partial charge in [0, 0.05) is 33.4 Å². The quantitative estimate of drug-likeness (QED) is 0.106. The van der Waals surface area contributed by atoms with Crippen LogP contribution in [0.4, 0.5) is 0 Å². The van der Waals surface area contributed by atoms with Crippen molar-refractivity contribution in [1.82, 2.24) is 0 Å². The van der Waals surface area contributed by atoms with E-state index in [1.54, 1.807) is 22.7 Å². The van der Waals surface area contributed by atoms with Gasteiger partial charge in [-0.1, -0.05) is 83.8 Å². The number of hydrogen-bond acceptors (Lipinski definition) is 2. The first-order chi connectivity index (χ1) is 22.7. The molecule has 0 saturated heterocycles. The van der Waals surface area contributed by atoms with Crippen molar-refractivity contribution in [3.63, 3.8) is 0 Å². The molecule has 2 heterocycles. The van der Waals surface area contributed by atoms with Crippen LogP contribution in [-0.2, 0) is 21.1 Å². The average Bonchev–Trinajstić information content (AvgIpc) is 3.85. The summed E-state index contributed by atoms with van der Waals surface area (Å²) in [6.45, 7) is 0. The first-order valence-corrected chi connectivity index (χ1v) is 15.8. The Morgan fingerprint density at radius 2 is 0.553 bits per heavy atom. The van der Waals surface area contributed by atoms with Crippen LogP contribution in [-0.4, -0.2) is 0 Å². The maximum atomic E-state index is 7.05. The molecule has 0 N–H and O–H groups in total. The third kappa shape index (κ3) is 11.3. The van der Waals surface area contributed by atoms with E-state index in [4.69, 9.17) is 12.8 Å². The van der Waals surface area contributed by atoms with Crippen molar-refractivity contribution < 1.29 is 21.1 Å². The summed E-state index contributed by atoms with van der Waals surface area (Å²) in [5, 5.41) is 4.05. The maximum absolute atomic E-state index is 7.05. The van der Waals surface area contributed by atoms with Gasteiger partial charge < -0.3 is 12.8 Å². The van der Waals surface area contributed by atoms with Crippen molar-refractivity contribution in [2.45, 2.75) is 0 Å². The number of hydrogen-bond donors (Lipinski definition) is 0. The SMILES string of the molecule is [C-]#Cc1ccc(C#Cc2ccc(C#Cc3cccs3)cc2)cc1.[C-]#Cc1ccc(C#Cc2ccc(C#Cc3cccs3)cc2)cc1.[Pt+2]. The Bertz CT molecular complexity index is 2060. The third-order valence-electron chi connectivity index (χ3n) is 6.23. The summed E-state index contributed by atoms with van der Waals surface area (Å²) in [5.41, 5.74) is 7.22. The van der Waals surface area contributed by atoms with Crippen molar-refractivity contribution in [2.24, 2.45) is 0 Å². The second-order valence-corrected chi connectivity index (χ2v) is 11.4. The van der Waals surface area contributed by atoms with Gasteiger partial charge in [0.1, 0.15) is 0 Å². The molecule has 0 spiro atoms. The van der Waals surface area contributed by atoms with E-state index in [-0.39, 0.29) is 21.1 Å². The van der Waals surface area contributed by atoms with Crippen molar-refractivity contribution in [1.29, 1.82) is 0 Å². The van der Waals surface area contributed by atoms with Crippen LogP contribution in [0.5, 0.6) is 0 Å². The Kier molecular flexibility index (Phi) is 13.3. The van der Waals surface area contributed by atoms with E-state index in [9.17, 15) is 0 Å². The first-order valence-electron chi connectivity index (χ1n) is 14.1. The summed E-state index contributed by atoms with van der Waals surface area (Å²) >= 11 is 3.28. The van der Waals surface area contributed by atoms with Crippen LogP contribution < -0.4 is 0 Å². The molecular weight excluding hydrogens is 788 g/mol. The topological polar surface area (TPSA) is 0 Å². The molecular formula is C44H22PtS2. The van der Waals surface area contributed by atoms with E-state index < -0.39 is 0 Å². The van der Waals surface area contributed by atoms with Crippen LogP contribution in [0, 0.1) is 72.1 Å². The van der Waals surface area contributed by atoms with Gasteiger partial charge in [-0.15, -0.1) is 58.1 Å². The van der Waals surface area contributed by atoms with Crippen LogP contribution in [0.25, 0.3) is 0 Å². The van der Waals surface area contributed by atoms with Crippen LogP contribution in [0.3, 0.4) is 0 Å². The Balaban J connectivity index is 0.000000208. The summed E-state index contributed by atoms with van der Waals surface area (Å²) in [6, 6.07) is 38.8. The molecule has 6 aromatic rings. The van der Waals surface area contributed by atoms with Crippen molar-refractivity contribution in [3.05, 3.63) is 199 Å².